The zero-order chi connectivity index (χ0) is 14.0. The van der Waals surface area contributed by atoms with Gasteiger partial charge in [0, 0.05) is 22.7 Å². The van der Waals surface area contributed by atoms with Crippen LogP contribution in [0.3, 0.4) is 0 Å². The normalized spacial score (nSPS) is 20.9. The van der Waals surface area contributed by atoms with Gasteiger partial charge in [-0.05, 0) is 24.3 Å². The molecule has 0 amide bonds. The first-order valence-corrected chi connectivity index (χ1v) is 6.98. The fourth-order valence-corrected chi connectivity index (χ4v) is 2.82. The summed E-state index contributed by atoms with van der Waals surface area (Å²) >= 11 is 6.02. The minimum absolute atomic E-state index is 0.000112. The van der Waals surface area contributed by atoms with Crippen molar-refractivity contribution < 1.29 is 9.84 Å². The van der Waals surface area contributed by atoms with Crippen LogP contribution in [-0.2, 0) is 5.54 Å². The summed E-state index contributed by atoms with van der Waals surface area (Å²) in [5, 5.41) is 14.1. The molecule has 0 radical (unpaired) electrons. The van der Waals surface area contributed by atoms with Crippen LogP contribution in [0.5, 0.6) is 5.75 Å². The van der Waals surface area contributed by atoms with Gasteiger partial charge >= 0.3 is 0 Å². The quantitative estimate of drug-likeness (QED) is 0.910. The zero-order valence-corrected chi connectivity index (χ0v) is 11.7. The van der Waals surface area contributed by atoms with Crippen LogP contribution in [-0.4, -0.2) is 18.3 Å². The topological polar surface area (TPSA) is 41.5 Å². The van der Waals surface area contributed by atoms with Crippen LogP contribution in [0.4, 0.5) is 5.69 Å². The second-order valence-electron chi connectivity index (χ2n) is 4.97. The Morgan fingerprint density at radius 2 is 2.05 bits per heavy atom. The third kappa shape index (κ3) is 2.35. The molecule has 0 aliphatic carbocycles. The molecule has 1 aliphatic heterocycles. The van der Waals surface area contributed by atoms with Crippen molar-refractivity contribution in [2.45, 2.75) is 12.0 Å². The maximum atomic E-state index is 9.97. The Kier molecular flexibility index (Phi) is 3.55. The molecule has 1 aliphatic rings. The van der Waals surface area contributed by atoms with Crippen molar-refractivity contribution in [2.24, 2.45) is 0 Å². The van der Waals surface area contributed by atoms with Gasteiger partial charge in [0.05, 0.1) is 18.8 Å². The molecule has 0 spiro atoms. The maximum Gasteiger partial charge on any atom is 0.124 e. The van der Waals surface area contributed by atoms with Crippen LogP contribution in [0.25, 0.3) is 0 Å². The highest BCUT2D eigenvalue weighted by molar-refractivity contribution is 6.30. The summed E-state index contributed by atoms with van der Waals surface area (Å²) in [6, 6.07) is 15.3. The molecule has 1 heterocycles. The number of hydrogen-bond acceptors (Lipinski definition) is 3. The highest BCUT2D eigenvalue weighted by Gasteiger charge is 2.37. The van der Waals surface area contributed by atoms with Crippen LogP contribution >= 0.6 is 11.6 Å². The average molecular weight is 290 g/mol. The molecule has 3 nitrogen and oxygen atoms in total. The minimum Gasteiger partial charge on any atom is -0.493 e. The van der Waals surface area contributed by atoms with E-state index in [2.05, 4.69) is 5.32 Å². The molecule has 2 aromatic carbocycles. The summed E-state index contributed by atoms with van der Waals surface area (Å²) in [5.41, 5.74) is 1.34. The van der Waals surface area contributed by atoms with Crippen LogP contribution in [0, 0.1) is 0 Å². The number of para-hydroxylation sites is 1. The van der Waals surface area contributed by atoms with Crippen LogP contribution in [0.1, 0.15) is 12.0 Å². The van der Waals surface area contributed by atoms with Gasteiger partial charge in [0.15, 0.2) is 0 Å². The monoisotopic (exact) mass is 289 g/mol. The van der Waals surface area contributed by atoms with Gasteiger partial charge in [-0.1, -0.05) is 35.9 Å². The number of rotatable bonds is 3. The van der Waals surface area contributed by atoms with Crippen molar-refractivity contribution >= 4 is 17.3 Å². The molecule has 0 aromatic heterocycles. The summed E-state index contributed by atoms with van der Waals surface area (Å²) < 4.78 is 5.66. The first-order chi connectivity index (χ1) is 9.73. The lowest BCUT2D eigenvalue weighted by Gasteiger charge is -2.39. The van der Waals surface area contributed by atoms with E-state index in [4.69, 9.17) is 16.3 Å². The summed E-state index contributed by atoms with van der Waals surface area (Å²) in [7, 11) is 0. The number of aliphatic hydroxyl groups is 1. The number of anilines is 1. The van der Waals surface area contributed by atoms with Crippen molar-refractivity contribution in [3.05, 3.63) is 59.1 Å². The van der Waals surface area contributed by atoms with Crippen LogP contribution < -0.4 is 10.1 Å². The summed E-state index contributed by atoms with van der Waals surface area (Å²) in [6.07, 6.45) is 0.701. The lowest BCUT2D eigenvalue weighted by Crippen LogP contribution is -2.43. The predicted octanol–water partition coefficient (Wildman–Crippen LogP) is 3.42. The molecular formula is C16H16ClNO2. The van der Waals surface area contributed by atoms with Crippen molar-refractivity contribution in [3.63, 3.8) is 0 Å². The smallest absolute Gasteiger partial charge is 0.124 e. The van der Waals surface area contributed by atoms with E-state index < -0.39 is 5.54 Å². The number of fused-ring (bicyclic) bond motifs is 1. The first-order valence-electron chi connectivity index (χ1n) is 6.60. The largest absolute Gasteiger partial charge is 0.493 e. The molecule has 0 bridgehead atoms. The standard InChI is InChI=1S/C16H16ClNO2/c17-12-4-3-5-13(10-12)18-16(11-19)8-9-20-15-7-2-1-6-14(15)16/h1-7,10,18-19H,8-9,11H2. The molecule has 1 unspecified atom stereocenters. The Morgan fingerprint density at radius 1 is 1.20 bits per heavy atom. The van der Waals surface area contributed by atoms with E-state index in [0.29, 0.717) is 18.1 Å². The number of nitrogens with one attached hydrogen (secondary N) is 1. The van der Waals surface area contributed by atoms with Gasteiger partial charge in [-0.15, -0.1) is 0 Å². The fraction of sp³-hybridized carbons (Fsp3) is 0.250. The van der Waals surface area contributed by atoms with E-state index in [0.717, 1.165) is 17.0 Å². The molecule has 104 valence electrons. The molecule has 1 atom stereocenters. The first kappa shape index (κ1) is 13.3. The van der Waals surface area contributed by atoms with Crippen molar-refractivity contribution in [2.75, 3.05) is 18.5 Å². The van der Waals surface area contributed by atoms with Crippen molar-refractivity contribution in [1.82, 2.24) is 0 Å². The Balaban J connectivity index is 2.00. The van der Waals surface area contributed by atoms with E-state index in [1.165, 1.54) is 0 Å². The molecule has 0 fully saturated rings. The number of aliphatic hydroxyl groups excluding tert-OH is 1. The zero-order valence-electron chi connectivity index (χ0n) is 11.0. The van der Waals surface area contributed by atoms with E-state index in [-0.39, 0.29) is 6.61 Å². The Hall–Kier alpha value is -1.71. The summed E-state index contributed by atoms with van der Waals surface area (Å²) in [6.45, 7) is 0.574. The van der Waals surface area contributed by atoms with Gasteiger partial charge in [0.2, 0.25) is 0 Å². The van der Waals surface area contributed by atoms with E-state index in [1.807, 2.05) is 48.5 Å². The van der Waals surface area contributed by atoms with Gasteiger partial charge < -0.3 is 15.2 Å². The Bertz CT molecular complexity index is 617. The molecular weight excluding hydrogens is 274 g/mol. The van der Waals surface area contributed by atoms with E-state index in [9.17, 15) is 5.11 Å². The second-order valence-corrected chi connectivity index (χ2v) is 5.41. The van der Waals surface area contributed by atoms with Gasteiger partial charge in [-0.3, -0.25) is 0 Å². The van der Waals surface area contributed by atoms with Crippen LogP contribution in [0.15, 0.2) is 48.5 Å². The number of ether oxygens (including phenoxy) is 1. The molecule has 4 heteroatoms. The van der Waals surface area contributed by atoms with E-state index in [1.54, 1.807) is 0 Å². The molecule has 3 rings (SSSR count). The van der Waals surface area contributed by atoms with Crippen molar-refractivity contribution in [3.8, 4) is 5.75 Å². The Morgan fingerprint density at radius 3 is 2.85 bits per heavy atom. The fourth-order valence-electron chi connectivity index (χ4n) is 2.63. The van der Waals surface area contributed by atoms with E-state index >= 15 is 0 Å². The maximum absolute atomic E-state index is 9.97. The van der Waals surface area contributed by atoms with Gasteiger partial charge in [0.1, 0.15) is 5.75 Å². The minimum atomic E-state index is -0.528. The molecule has 2 aromatic rings. The highest BCUT2D eigenvalue weighted by atomic mass is 35.5. The predicted molar refractivity (Wildman–Crippen MR) is 80.4 cm³/mol. The van der Waals surface area contributed by atoms with Crippen LogP contribution in [0.2, 0.25) is 5.02 Å². The highest BCUT2D eigenvalue weighted by Crippen LogP contribution is 2.39. The van der Waals surface area contributed by atoms with Crippen molar-refractivity contribution in [1.29, 1.82) is 0 Å². The summed E-state index contributed by atoms with van der Waals surface area (Å²) in [5.74, 6) is 0.822. The lowest BCUT2D eigenvalue weighted by atomic mass is 9.85. The molecule has 20 heavy (non-hydrogen) atoms. The molecule has 2 N–H and O–H groups in total. The lowest BCUT2D eigenvalue weighted by molar-refractivity contribution is 0.152. The molecule has 0 saturated heterocycles. The van der Waals surface area contributed by atoms with Gasteiger partial charge in [-0.25, -0.2) is 0 Å². The Labute approximate surface area is 123 Å². The van der Waals surface area contributed by atoms with Gasteiger partial charge in [-0.2, -0.15) is 0 Å². The molecule has 0 saturated carbocycles. The van der Waals surface area contributed by atoms with Gasteiger partial charge in [0.25, 0.3) is 0 Å². The third-order valence-corrected chi connectivity index (χ3v) is 3.90. The number of benzene rings is 2. The summed E-state index contributed by atoms with van der Waals surface area (Å²) in [4.78, 5) is 0. The third-order valence-electron chi connectivity index (χ3n) is 3.67. The number of halogens is 1. The average Bonchev–Trinajstić information content (AvgIpc) is 2.47. The second kappa shape index (κ2) is 5.35. The SMILES string of the molecule is OCC1(Nc2cccc(Cl)c2)CCOc2ccccc21. The number of hydrogen-bond donors (Lipinski definition) is 2.